The molecule has 0 radical (unpaired) electrons. The Hall–Kier alpha value is -1.34. The van der Waals surface area contributed by atoms with Gasteiger partial charge in [-0.05, 0) is 38.1 Å². The minimum atomic E-state index is 0.0606. The smallest absolute Gasteiger partial charge is 0.239 e. The van der Waals surface area contributed by atoms with E-state index in [4.69, 9.17) is 4.74 Å². The van der Waals surface area contributed by atoms with Gasteiger partial charge in [0, 0.05) is 47.4 Å². The first kappa shape index (κ1) is 22.7. The van der Waals surface area contributed by atoms with Crippen LogP contribution in [0.4, 0.5) is 0 Å². The lowest BCUT2D eigenvalue weighted by atomic mass is 10.1. The summed E-state index contributed by atoms with van der Waals surface area (Å²) in [6.45, 7) is 9.46. The normalized spacial score (nSPS) is 18.4. The lowest BCUT2D eigenvalue weighted by molar-refractivity contribution is -0.133. The highest BCUT2D eigenvalue weighted by molar-refractivity contribution is 5.81. The van der Waals surface area contributed by atoms with E-state index in [1.54, 1.807) is 11.9 Å². The summed E-state index contributed by atoms with van der Waals surface area (Å²) in [5.74, 6) is 1.71. The SMILES string of the molecule is CN=C(NCCCN1CCCC1C(=O)N(C)C)NCCOCCC(C)C. The molecule has 0 saturated carbocycles. The van der Waals surface area contributed by atoms with Crippen LogP contribution in [0, 0.1) is 5.92 Å². The van der Waals surface area contributed by atoms with Crippen LogP contribution in [0.5, 0.6) is 0 Å². The molecule has 2 N–H and O–H groups in total. The van der Waals surface area contributed by atoms with E-state index in [9.17, 15) is 4.79 Å². The van der Waals surface area contributed by atoms with Gasteiger partial charge in [-0.2, -0.15) is 0 Å². The van der Waals surface area contributed by atoms with E-state index < -0.39 is 0 Å². The maximum Gasteiger partial charge on any atom is 0.239 e. The lowest BCUT2D eigenvalue weighted by Gasteiger charge is -2.26. The number of guanidine groups is 1. The number of rotatable bonds is 11. The summed E-state index contributed by atoms with van der Waals surface area (Å²) < 4.78 is 5.60. The summed E-state index contributed by atoms with van der Waals surface area (Å²) >= 11 is 0. The fourth-order valence-electron chi connectivity index (χ4n) is 3.04. The Kier molecular flexibility index (Phi) is 11.3. The van der Waals surface area contributed by atoms with Crippen LogP contribution in [-0.2, 0) is 9.53 Å². The van der Waals surface area contributed by atoms with Gasteiger partial charge < -0.3 is 20.3 Å². The van der Waals surface area contributed by atoms with E-state index in [2.05, 4.69) is 34.4 Å². The Balaban J connectivity index is 2.14. The molecule has 1 aliphatic heterocycles. The molecule has 0 spiro atoms. The van der Waals surface area contributed by atoms with Gasteiger partial charge >= 0.3 is 0 Å². The van der Waals surface area contributed by atoms with Crippen LogP contribution in [0.1, 0.15) is 39.5 Å². The molecule has 1 aliphatic rings. The molecule has 0 aromatic rings. The van der Waals surface area contributed by atoms with Crippen molar-refractivity contribution in [2.45, 2.75) is 45.6 Å². The zero-order chi connectivity index (χ0) is 19.4. The number of nitrogens with one attached hydrogen (secondary N) is 2. The first-order valence-electron chi connectivity index (χ1n) is 9.93. The second-order valence-corrected chi connectivity index (χ2v) is 7.50. The van der Waals surface area contributed by atoms with Gasteiger partial charge in [0.15, 0.2) is 5.96 Å². The van der Waals surface area contributed by atoms with E-state index in [1.165, 1.54) is 0 Å². The quantitative estimate of drug-likeness (QED) is 0.325. The molecule has 1 rings (SSSR count). The second-order valence-electron chi connectivity index (χ2n) is 7.50. The molecule has 0 aromatic heterocycles. The topological polar surface area (TPSA) is 69.2 Å². The van der Waals surface area contributed by atoms with E-state index in [-0.39, 0.29) is 11.9 Å². The van der Waals surface area contributed by atoms with E-state index >= 15 is 0 Å². The molecule has 7 heteroatoms. The molecule has 0 aliphatic carbocycles. The molecule has 7 nitrogen and oxygen atoms in total. The van der Waals surface area contributed by atoms with Crippen LogP contribution < -0.4 is 10.6 Å². The summed E-state index contributed by atoms with van der Waals surface area (Å²) in [7, 11) is 5.45. The Bertz CT molecular complexity index is 426. The Morgan fingerprint density at radius 1 is 1.27 bits per heavy atom. The monoisotopic (exact) mass is 369 g/mol. The van der Waals surface area contributed by atoms with Gasteiger partial charge in [-0.25, -0.2) is 0 Å². The summed E-state index contributed by atoms with van der Waals surface area (Å²) in [4.78, 5) is 20.4. The number of aliphatic imine (C=N–C) groups is 1. The molecule has 1 unspecified atom stereocenters. The van der Waals surface area contributed by atoms with Crippen LogP contribution in [0.25, 0.3) is 0 Å². The molecule has 0 bridgehead atoms. The maximum atomic E-state index is 12.2. The number of amides is 1. The van der Waals surface area contributed by atoms with E-state index in [0.29, 0.717) is 12.5 Å². The number of ether oxygens (including phenoxy) is 1. The zero-order valence-corrected chi connectivity index (χ0v) is 17.4. The highest BCUT2D eigenvalue weighted by Crippen LogP contribution is 2.18. The lowest BCUT2D eigenvalue weighted by Crippen LogP contribution is -2.44. The van der Waals surface area contributed by atoms with Crippen molar-refractivity contribution in [1.29, 1.82) is 0 Å². The van der Waals surface area contributed by atoms with E-state index in [0.717, 1.165) is 64.4 Å². The van der Waals surface area contributed by atoms with Crippen LogP contribution in [0.2, 0.25) is 0 Å². The predicted octanol–water partition coefficient (Wildman–Crippen LogP) is 1.16. The van der Waals surface area contributed by atoms with Gasteiger partial charge in [0.05, 0.1) is 12.6 Å². The Labute approximate surface area is 159 Å². The first-order chi connectivity index (χ1) is 12.5. The van der Waals surface area contributed by atoms with Crippen molar-refractivity contribution in [3.63, 3.8) is 0 Å². The highest BCUT2D eigenvalue weighted by Gasteiger charge is 2.30. The molecule has 1 heterocycles. The summed E-state index contributed by atoms with van der Waals surface area (Å²) in [6.07, 6.45) is 4.17. The van der Waals surface area contributed by atoms with Gasteiger partial charge in [-0.1, -0.05) is 13.8 Å². The second kappa shape index (κ2) is 12.9. The number of hydrogen-bond acceptors (Lipinski definition) is 4. The molecule has 26 heavy (non-hydrogen) atoms. The van der Waals surface area contributed by atoms with Crippen LogP contribution in [-0.4, -0.2) is 88.2 Å². The summed E-state index contributed by atoms with van der Waals surface area (Å²) in [5, 5.41) is 6.60. The minimum absolute atomic E-state index is 0.0606. The van der Waals surface area contributed by atoms with Gasteiger partial charge in [-0.3, -0.25) is 14.7 Å². The van der Waals surface area contributed by atoms with Crippen LogP contribution in [0.3, 0.4) is 0 Å². The third-order valence-corrected chi connectivity index (χ3v) is 4.61. The van der Waals surface area contributed by atoms with Crippen molar-refractivity contribution >= 4 is 11.9 Å². The molecule has 1 amide bonds. The minimum Gasteiger partial charge on any atom is -0.380 e. The van der Waals surface area contributed by atoms with E-state index in [1.807, 2.05) is 14.1 Å². The zero-order valence-electron chi connectivity index (χ0n) is 17.4. The van der Waals surface area contributed by atoms with Crippen molar-refractivity contribution in [3.8, 4) is 0 Å². The number of likely N-dealkylation sites (N-methyl/N-ethyl adjacent to an activating group) is 1. The largest absolute Gasteiger partial charge is 0.380 e. The number of carbonyl (C=O) groups is 1. The first-order valence-corrected chi connectivity index (χ1v) is 9.93. The molecule has 0 aromatic carbocycles. The van der Waals surface area contributed by atoms with Crippen LogP contribution in [0.15, 0.2) is 4.99 Å². The van der Waals surface area contributed by atoms with Crippen molar-refractivity contribution in [3.05, 3.63) is 0 Å². The van der Waals surface area contributed by atoms with Crippen molar-refractivity contribution in [2.24, 2.45) is 10.9 Å². The fraction of sp³-hybridized carbons (Fsp3) is 0.895. The predicted molar refractivity (Wildman–Crippen MR) is 108 cm³/mol. The van der Waals surface area contributed by atoms with Gasteiger partial charge in [-0.15, -0.1) is 0 Å². The van der Waals surface area contributed by atoms with Gasteiger partial charge in [0.2, 0.25) is 5.91 Å². The third-order valence-electron chi connectivity index (χ3n) is 4.61. The van der Waals surface area contributed by atoms with Crippen molar-refractivity contribution in [2.75, 3.05) is 60.5 Å². The third kappa shape index (κ3) is 8.85. The van der Waals surface area contributed by atoms with Gasteiger partial charge in [0.1, 0.15) is 0 Å². The highest BCUT2D eigenvalue weighted by atomic mass is 16.5. The molecule has 1 saturated heterocycles. The summed E-state index contributed by atoms with van der Waals surface area (Å²) in [5.41, 5.74) is 0. The molecular weight excluding hydrogens is 330 g/mol. The van der Waals surface area contributed by atoms with Crippen LogP contribution >= 0.6 is 0 Å². The maximum absolute atomic E-state index is 12.2. The Morgan fingerprint density at radius 3 is 2.65 bits per heavy atom. The number of nitrogens with zero attached hydrogens (tertiary/aromatic N) is 3. The van der Waals surface area contributed by atoms with Gasteiger partial charge in [0.25, 0.3) is 0 Å². The molecule has 1 atom stereocenters. The summed E-state index contributed by atoms with van der Waals surface area (Å²) in [6, 6.07) is 0.0606. The standard InChI is InChI=1S/C19H39N5O2/c1-16(2)9-14-26-15-11-22-19(20-3)21-10-7-13-24-12-6-8-17(24)18(25)23(4)5/h16-17H,6-15H2,1-5H3,(H2,20,21,22). The number of carbonyl (C=O) groups excluding carboxylic acids is 1. The molecule has 1 fully saturated rings. The number of likely N-dealkylation sites (tertiary alicyclic amines) is 1. The van der Waals surface area contributed by atoms with Crippen molar-refractivity contribution in [1.82, 2.24) is 20.4 Å². The molecule has 152 valence electrons. The molecular formula is C19H39N5O2. The number of hydrogen-bond donors (Lipinski definition) is 2. The van der Waals surface area contributed by atoms with Crippen molar-refractivity contribution < 1.29 is 9.53 Å². The average Bonchev–Trinajstić information content (AvgIpc) is 3.06. The fourth-order valence-corrected chi connectivity index (χ4v) is 3.04. The Morgan fingerprint density at radius 2 is 2.00 bits per heavy atom. The average molecular weight is 370 g/mol.